The van der Waals surface area contributed by atoms with Crippen molar-refractivity contribution in [1.82, 2.24) is 19.7 Å². The summed E-state index contributed by atoms with van der Waals surface area (Å²) >= 11 is 0. The topological polar surface area (TPSA) is 39.7 Å². The highest BCUT2D eigenvalue weighted by atomic mass is 16.2. The first-order valence-corrected chi connectivity index (χ1v) is 11.8. The van der Waals surface area contributed by atoms with Gasteiger partial charge in [0.25, 0.3) is 0 Å². The highest BCUT2D eigenvalue weighted by Crippen LogP contribution is 2.52. The van der Waals surface area contributed by atoms with Crippen molar-refractivity contribution in [3.63, 3.8) is 0 Å². The Morgan fingerprint density at radius 3 is 2.48 bits per heavy atom. The molecule has 2 aromatic rings. The molecule has 5 rings (SSSR count). The minimum Gasteiger partial charge on any atom is -0.340 e. The van der Waals surface area contributed by atoms with Crippen LogP contribution < -0.4 is 0 Å². The maximum absolute atomic E-state index is 13.1. The molecule has 0 saturated carbocycles. The SMILES string of the molecule is CN1CCN(C(=O)C[C@H]2CC3(CCN(Cc4ccccn4)CC3)c3ccccc32)CC1. The monoisotopic (exact) mass is 418 g/mol. The number of carbonyl (C=O) groups excluding carboxylic acids is 1. The summed E-state index contributed by atoms with van der Waals surface area (Å²) in [6, 6.07) is 15.1. The van der Waals surface area contributed by atoms with Crippen molar-refractivity contribution in [3.8, 4) is 0 Å². The van der Waals surface area contributed by atoms with Crippen LogP contribution in [0.3, 0.4) is 0 Å². The highest BCUT2D eigenvalue weighted by molar-refractivity contribution is 5.77. The molecule has 1 aromatic heterocycles. The third kappa shape index (κ3) is 4.26. The molecule has 31 heavy (non-hydrogen) atoms. The molecule has 5 nitrogen and oxygen atoms in total. The number of benzene rings is 1. The van der Waals surface area contributed by atoms with Gasteiger partial charge in [-0.25, -0.2) is 0 Å². The van der Waals surface area contributed by atoms with Gasteiger partial charge in [-0.15, -0.1) is 0 Å². The van der Waals surface area contributed by atoms with E-state index in [2.05, 4.69) is 63.1 Å². The number of nitrogens with zero attached hydrogens (tertiary/aromatic N) is 4. The average molecular weight is 419 g/mol. The standard InChI is InChI=1S/C26H34N4O/c1-28-14-16-30(17-15-28)25(31)18-21-19-26(24-8-3-2-7-23(21)24)9-12-29(13-10-26)20-22-6-4-5-11-27-22/h2-8,11,21H,9-10,12-20H2,1H3/t21-/m0/s1. The number of amides is 1. The molecule has 0 unspecified atom stereocenters. The molecule has 1 spiro atoms. The van der Waals surface area contributed by atoms with Crippen LogP contribution in [0.4, 0.5) is 0 Å². The third-order valence-corrected chi connectivity index (χ3v) is 7.81. The summed E-state index contributed by atoms with van der Waals surface area (Å²) in [7, 11) is 2.14. The minimum absolute atomic E-state index is 0.240. The number of piperazine rings is 1. The molecular weight excluding hydrogens is 384 g/mol. The fourth-order valence-electron chi connectivity index (χ4n) is 5.94. The van der Waals surface area contributed by atoms with Crippen LogP contribution in [-0.4, -0.2) is 71.9 Å². The summed E-state index contributed by atoms with van der Waals surface area (Å²) in [6.45, 7) is 6.86. The van der Waals surface area contributed by atoms with Crippen molar-refractivity contribution in [1.29, 1.82) is 0 Å². The first kappa shape index (κ1) is 20.7. The van der Waals surface area contributed by atoms with Crippen LogP contribution in [0.2, 0.25) is 0 Å². The quantitative estimate of drug-likeness (QED) is 0.764. The van der Waals surface area contributed by atoms with Crippen LogP contribution in [0.1, 0.15) is 48.4 Å². The van der Waals surface area contributed by atoms with Gasteiger partial charge < -0.3 is 9.80 Å². The zero-order chi connectivity index (χ0) is 21.3. The van der Waals surface area contributed by atoms with E-state index in [-0.39, 0.29) is 5.41 Å². The fourth-order valence-corrected chi connectivity index (χ4v) is 5.94. The normalized spacial score (nSPS) is 23.8. The van der Waals surface area contributed by atoms with Crippen LogP contribution in [0.25, 0.3) is 0 Å². The largest absolute Gasteiger partial charge is 0.340 e. The van der Waals surface area contributed by atoms with E-state index in [4.69, 9.17) is 0 Å². The van der Waals surface area contributed by atoms with E-state index in [0.29, 0.717) is 18.2 Å². The van der Waals surface area contributed by atoms with E-state index >= 15 is 0 Å². The summed E-state index contributed by atoms with van der Waals surface area (Å²) in [4.78, 5) is 24.5. The van der Waals surface area contributed by atoms with Crippen molar-refractivity contribution in [2.75, 3.05) is 46.3 Å². The van der Waals surface area contributed by atoms with Gasteiger partial charge in [-0.2, -0.15) is 0 Å². The van der Waals surface area contributed by atoms with Gasteiger partial charge in [0.15, 0.2) is 0 Å². The molecule has 0 N–H and O–H groups in total. The number of likely N-dealkylation sites (N-methyl/N-ethyl adjacent to an activating group) is 1. The number of pyridine rings is 1. The number of likely N-dealkylation sites (tertiary alicyclic amines) is 1. The predicted molar refractivity (Wildman–Crippen MR) is 123 cm³/mol. The predicted octanol–water partition coefficient (Wildman–Crippen LogP) is 3.27. The van der Waals surface area contributed by atoms with Gasteiger partial charge in [-0.1, -0.05) is 30.3 Å². The number of hydrogen-bond acceptors (Lipinski definition) is 4. The Morgan fingerprint density at radius 2 is 1.74 bits per heavy atom. The van der Waals surface area contributed by atoms with Crippen molar-refractivity contribution in [2.24, 2.45) is 0 Å². The van der Waals surface area contributed by atoms with Crippen LogP contribution >= 0.6 is 0 Å². The molecule has 5 heteroatoms. The van der Waals surface area contributed by atoms with Crippen molar-refractivity contribution in [2.45, 2.75) is 43.6 Å². The van der Waals surface area contributed by atoms with Gasteiger partial charge in [-0.3, -0.25) is 14.7 Å². The van der Waals surface area contributed by atoms with Gasteiger partial charge in [0.1, 0.15) is 0 Å². The Morgan fingerprint density at radius 1 is 1.00 bits per heavy atom. The maximum Gasteiger partial charge on any atom is 0.223 e. The summed E-state index contributed by atoms with van der Waals surface area (Å²) in [6.07, 6.45) is 6.03. The molecule has 0 radical (unpaired) electrons. The van der Waals surface area contributed by atoms with E-state index in [9.17, 15) is 4.79 Å². The van der Waals surface area contributed by atoms with Crippen LogP contribution in [0.15, 0.2) is 48.7 Å². The van der Waals surface area contributed by atoms with Gasteiger partial charge in [-0.05, 0) is 74.0 Å². The van der Waals surface area contributed by atoms with E-state index in [0.717, 1.165) is 57.9 Å². The van der Waals surface area contributed by atoms with Crippen molar-refractivity contribution >= 4 is 5.91 Å². The van der Waals surface area contributed by atoms with Crippen LogP contribution in [-0.2, 0) is 16.8 Å². The first-order chi connectivity index (χ1) is 15.1. The van der Waals surface area contributed by atoms with E-state index < -0.39 is 0 Å². The van der Waals surface area contributed by atoms with E-state index in [1.807, 2.05) is 12.3 Å². The second-order valence-electron chi connectivity index (χ2n) is 9.75. The molecular formula is C26H34N4O. The van der Waals surface area contributed by atoms with Crippen molar-refractivity contribution < 1.29 is 4.79 Å². The number of rotatable bonds is 4. The van der Waals surface area contributed by atoms with Crippen LogP contribution in [0.5, 0.6) is 0 Å². The molecule has 2 aliphatic heterocycles. The minimum atomic E-state index is 0.240. The second-order valence-corrected chi connectivity index (χ2v) is 9.75. The number of fused-ring (bicyclic) bond motifs is 2. The zero-order valence-corrected chi connectivity index (χ0v) is 18.7. The number of carbonyl (C=O) groups is 1. The lowest BCUT2D eigenvalue weighted by molar-refractivity contribution is -0.133. The molecule has 0 bridgehead atoms. The Bertz CT molecular complexity index is 899. The molecule has 1 atom stereocenters. The lowest BCUT2D eigenvalue weighted by atomic mass is 9.73. The maximum atomic E-state index is 13.1. The number of aromatic nitrogens is 1. The highest BCUT2D eigenvalue weighted by Gasteiger charge is 2.45. The molecule has 3 aliphatic rings. The molecule has 3 heterocycles. The summed E-state index contributed by atoms with van der Waals surface area (Å²) in [5.74, 6) is 0.711. The second kappa shape index (κ2) is 8.71. The van der Waals surface area contributed by atoms with Gasteiger partial charge >= 0.3 is 0 Å². The van der Waals surface area contributed by atoms with Gasteiger partial charge in [0, 0.05) is 45.3 Å². The lowest BCUT2D eigenvalue weighted by Gasteiger charge is -2.40. The molecule has 2 fully saturated rings. The summed E-state index contributed by atoms with van der Waals surface area (Å²) in [5.41, 5.74) is 4.34. The molecule has 1 aliphatic carbocycles. The van der Waals surface area contributed by atoms with Gasteiger partial charge in [0.05, 0.1) is 5.69 Å². The molecule has 164 valence electrons. The smallest absolute Gasteiger partial charge is 0.223 e. The third-order valence-electron chi connectivity index (χ3n) is 7.81. The summed E-state index contributed by atoms with van der Waals surface area (Å²) in [5, 5.41) is 0. The Kier molecular flexibility index (Phi) is 5.81. The van der Waals surface area contributed by atoms with Gasteiger partial charge in [0.2, 0.25) is 5.91 Å². The molecule has 1 aromatic carbocycles. The van der Waals surface area contributed by atoms with E-state index in [1.165, 1.54) is 24.0 Å². The van der Waals surface area contributed by atoms with Crippen LogP contribution in [0, 0.1) is 0 Å². The lowest BCUT2D eigenvalue weighted by Crippen LogP contribution is -2.47. The number of piperidine rings is 1. The van der Waals surface area contributed by atoms with Crippen molar-refractivity contribution in [3.05, 3.63) is 65.5 Å². The zero-order valence-electron chi connectivity index (χ0n) is 18.7. The fraction of sp³-hybridized carbons (Fsp3) is 0.538. The number of hydrogen-bond donors (Lipinski definition) is 0. The Balaban J connectivity index is 1.26. The first-order valence-electron chi connectivity index (χ1n) is 11.8. The van der Waals surface area contributed by atoms with E-state index in [1.54, 1.807) is 0 Å². The molecule has 2 saturated heterocycles. The summed E-state index contributed by atoms with van der Waals surface area (Å²) < 4.78 is 0. The Labute approximate surface area is 186 Å². The molecule has 1 amide bonds. The average Bonchev–Trinajstić information content (AvgIpc) is 3.10. The Hall–Kier alpha value is -2.24.